The van der Waals surface area contributed by atoms with Crippen LogP contribution in [0, 0.1) is 11.3 Å². The molecule has 3 nitrogen and oxygen atoms in total. The van der Waals surface area contributed by atoms with E-state index < -0.39 is 26.7 Å². The van der Waals surface area contributed by atoms with Crippen LogP contribution in [0.3, 0.4) is 0 Å². The lowest BCUT2D eigenvalue weighted by molar-refractivity contribution is -0.106. The summed E-state index contributed by atoms with van der Waals surface area (Å²) in [6.45, 7) is 0. The third-order valence-corrected chi connectivity index (χ3v) is 3.71. The van der Waals surface area contributed by atoms with Crippen LogP contribution in [0.25, 0.3) is 0 Å². The van der Waals surface area contributed by atoms with E-state index >= 15 is 0 Å². The molecule has 0 saturated carbocycles. The quantitative estimate of drug-likeness (QED) is 0.839. The van der Waals surface area contributed by atoms with E-state index in [0.717, 1.165) is 6.07 Å². The Morgan fingerprint density at radius 3 is 2.35 bits per heavy atom. The molecule has 0 radical (unpaired) electrons. The van der Waals surface area contributed by atoms with E-state index in [1.54, 1.807) is 6.07 Å². The minimum absolute atomic E-state index is 0.0826. The molecule has 0 unspecified atom stereocenters. The molecule has 0 amide bonds. The van der Waals surface area contributed by atoms with E-state index in [0.29, 0.717) is 0 Å². The Labute approximate surface area is 96.4 Å². The maximum atomic E-state index is 12.1. The number of halogens is 3. The molecule has 0 fully saturated rings. The number of sulfone groups is 1. The van der Waals surface area contributed by atoms with Crippen molar-refractivity contribution in [3.05, 3.63) is 29.8 Å². The van der Waals surface area contributed by atoms with Crippen molar-refractivity contribution >= 4 is 9.84 Å². The third kappa shape index (κ3) is 3.75. The lowest BCUT2D eigenvalue weighted by Gasteiger charge is -2.10. The van der Waals surface area contributed by atoms with Gasteiger partial charge in [0.25, 0.3) is 0 Å². The molecule has 17 heavy (non-hydrogen) atoms. The molecule has 0 bridgehead atoms. The van der Waals surface area contributed by atoms with Gasteiger partial charge in [0.15, 0.2) is 15.6 Å². The van der Waals surface area contributed by atoms with Gasteiger partial charge in [-0.15, -0.1) is 0 Å². The number of hydrogen-bond donors (Lipinski definition) is 0. The van der Waals surface area contributed by atoms with Crippen LogP contribution >= 0.6 is 0 Å². The smallest absolute Gasteiger partial charge is 0.223 e. The van der Waals surface area contributed by atoms with Gasteiger partial charge in [-0.05, 0) is 11.6 Å². The molecule has 0 aliphatic heterocycles. The summed E-state index contributed by atoms with van der Waals surface area (Å²) < 4.78 is 59.4. The first-order chi connectivity index (χ1) is 7.76. The molecule has 0 heterocycles. The lowest BCUT2D eigenvalue weighted by atomic mass is 10.2. The van der Waals surface area contributed by atoms with Crippen molar-refractivity contribution in [3.63, 3.8) is 0 Å². The molecule has 0 spiro atoms. The zero-order chi connectivity index (χ0) is 13.1. The summed E-state index contributed by atoms with van der Waals surface area (Å²) >= 11 is 0. The SMILES string of the molecule is N#CCc1ccccc1S(=O)(=O)CC(F)(F)F. The van der Waals surface area contributed by atoms with Gasteiger partial charge in [-0.25, -0.2) is 8.42 Å². The molecule has 1 aromatic rings. The summed E-state index contributed by atoms with van der Waals surface area (Å²) in [5, 5.41) is 8.48. The van der Waals surface area contributed by atoms with Crippen molar-refractivity contribution in [2.24, 2.45) is 0 Å². The topological polar surface area (TPSA) is 57.9 Å². The third-order valence-electron chi connectivity index (χ3n) is 1.93. The number of rotatable bonds is 3. The van der Waals surface area contributed by atoms with Gasteiger partial charge in [-0.3, -0.25) is 0 Å². The Kier molecular flexibility index (Phi) is 3.78. The Balaban J connectivity index is 3.21. The first-order valence-corrected chi connectivity index (χ1v) is 6.16. The van der Waals surface area contributed by atoms with Crippen molar-refractivity contribution in [2.45, 2.75) is 17.5 Å². The van der Waals surface area contributed by atoms with E-state index in [2.05, 4.69) is 0 Å². The van der Waals surface area contributed by atoms with Crippen LogP contribution < -0.4 is 0 Å². The summed E-state index contributed by atoms with van der Waals surface area (Å²) in [7, 11) is -4.45. The summed E-state index contributed by atoms with van der Waals surface area (Å²) in [4.78, 5) is -0.432. The molecule has 1 rings (SSSR count). The van der Waals surface area contributed by atoms with Gasteiger partial charge in [-0.1, -0.05) is 18.2 Å². The largest absolute Gasteiger partial charge is 0.403 e. The fourth-order valence-electron chi connectivity index (χ4n) is 1.33. The molecule has 0 aromatic heterocycles. The number of nitriles is 1. The zero-order valence-corrected chi connectivity index (χ0v) is 9.35. The molecule has 0 saturated heterocycles. The standard InChI is InChI=1S/C10H8F3NO2S/c11-10(12,13)7-17(15,16)9-4-2-1-3-8(9)5-6-14/h1-4H,5,7H2. The molecule has 1 aromatic carbocycles. The summed E-state index contributed by atoms with van der Waals surface area (Å²) in [5.41, 5.74) is 0.0826. The first-order valence-electron chi connectivity index (χ1n) is 4.50. The number of nitrogens with zero attached hydrogens (tertiary/aromatic N) is 1. The van der Waals surface area contributed by atoms with E-state index in [9.17, 15) is 21.6 Å². The molecule has 0 aliphatic rings. The average molecular weight is 263 g/mol. The van der Waals surface area contributed by atoms with Gasteiger partial charge in [0.1, 0.15) is 0 Å². The Morgan fingerprint density at radius 1 is 1.24 bits per heavy atom. The Bertz CT molecular complexity index is 543. The Hall–Kier alpha value is -1.55. The van der Waals surface area contributed by atoms with Crippen LogP contribution in [0.1, 0.15) is 5.56 Å². The lowest BCUT2D eigenvalue weighted by Crippen LogP contribution is -2.23. The molecular weight excluding hydrogens is 255 g/mol. The summed E-state index contributed by atoms with van der Waals surface area (Å²) in [5.74, 6) is -1.91. The fraction of sp³-hybridized carbons (Fsp3) is 0.300. The molecule has 7 heteroatoms. The zero-order valence-electron chi connectivity index (χ0n) is 8.53. The van der Waals surface area contributed by atoms with Crippen LogP contribution in [0.4, 0.5) is 13.2 Å². The van der Waals surface area contributed by atoms with Crippen LogP contribution in [0.15, 0.2) is 29.2 Å². The Morgan fingerprint density at radius 2 is 1.82 bits per heavy atom. The van der Waals surface area contributed by atoms with Crippen molar-refractivity contribution in [1.29, 1.82) is 5.26 Å². The van der Waals surface area contributed by atoms with Crippen molar-refractivity contribution in [2.75, 3.05) is 5.75 Å². The first kappa shape index (κ1) is 13.5. The molecule has 92 valence electrons. The van der Waals surface area contributed by atoms with Gasteiger partial charge in [0.2, 0.25) is 0 Å². The minimum atomic E-state index is -4.79. The predicted molar refractivity (Wildman–Crippen MR) is 53.9 cm³/mol. The van der Waals surface area contributed by atoms with Crippen LogP contribution in [0.5, 0.6) is 0 Å². The van der Waals surface area contributed by atoms with E-state index in [-0.39, 0.29) is 12.0 Å². The highest BCUT2D eigenvalue weighted by Gasteiger charge is 2.36. The van der Waals surface area contributed by atoms with Crippen LogP contribution in [-0.2, 0) is 16.3 Å². The molecular formula is C10H8F3NO2S. The molecule has 0 aliphatic carbocycles. The van der Waals surface area contributed by atoms with Crippen molar-refractivity contribution in [1.82, 2.24) is 0 Å². The summed E-state index contributed by atoms with van der Waals surface area (Å²) in [6, 6.07) is 6.91. The maximum Gasteiger partial charge on any atom is 0.403 e. The highest BCUT2D eigenvalue weighted by atomic mass is 32.2. The summed E-state index contributed by atoms with van der Waals surface area (Å²) in [6.07, 6.45) is -5.04. The van der Waals surface area contributed by atoms with E-state index in [1.165, 1.54) is 18.2 Å². The maximum absolute atomic E-state index is 12.1. The van der Waals surface area contributed by atoms with Gasteiger partial charge in [-0.2, -0.15) is 18.4 Å². The fourth-order valence-corrected chi connectivity index (χ4v) is 2.74. The number of alkyl halides is 3. The molecule has 0 N–H and O–H groups in total. The van der Waals surface area contributed by atoms with Gasteiger partial charge < -0.3 is 0 Å². The predicted octanol–water partition coefficient (Wildman–Crippen LogP) is 2.09. The van der Waals surface area contributed by atoms with E-state index in [1.807, 2.05) is 0 Å². The van der Waals surface area contributed by atoms with E-state index in [4.69, 9.17) is 5.26 Å². The molecule has 0 atom stereocenters. The highest BCUT2D eigenvalue weighted by molar-refractivity contribution is 7.91. The normalized spacial score (nSPS) is 12.1. The van der Waals surface area contributed by atoms with Crippen LogP contribution in [-0.4, -0.2) is 20.3 Å². The monoisotopic (exact) mass is 263 g/mol. The van der Waals surface area contributed by atoms with Gasteiger partial charge in [0.05, 0.1) is 17.4 Å². The van der Waals surface area contributed by atoms with Gasteiger partial charge in [0, 0.05) is 0 Å². The van der Waals surface area contributed by atoms with Crippen molar-refractivity contribution < 1.29 is 21.6 Å². The van der Waals surface area contributed by atoms with Gasteiger partial charge >= 0.3 is 6.18 Å². The second kappa shape index (κ2) is 4.75. The number of benzene rings is 1. The van der Waals surface area contributed by atoms with Crippen molar-refractivity contribution in [3.8, 4) is 6.07 Å². The van der Waals surface area contributed by atoms with Crippen LogP contribution in [0.2, 0.25) is 0 Å². The number of hydrogen-bond acceptors (Lipinski definition) is 3. The second-order valence-electron chi connectivity index (χ2n) is 3.32. The highest BCUT2D eigenvalue weighted by Crippen LogP contribution is 2.24. The average Bonchev–Trinajstić information content (AvgIpc) is 2.15. The second-order valence-corrected chi connectivity index (χ2v) is 5.27. The minimum Gasteiger partial charge on any atom is -0.223 e.